The molecule has 0 fully saturated rings. The molecule has 0 saturated carbocycles. The minimum absolute atomic E-state index is 0.511. The first-order valence-electron chi connectivity index (χ1n) is 4.90. The van der Waals surface area contributed by atoms with Gasteiger partial charge in [-0.1, -0.05) is 0 Å². The standard InChI is InChI=1S/C11H11N3O2S/c15-14-8-13-10-1-2-11(12-5-10)16-6-9-3-4-17-7-9/h1-5,7-8,15H,6H2,(H,13,14). The van der Waals surface area contributed by atoms with Crippen LogP contribution in [0.3, 0.4) is 0 Å². The van der Waals surface area contributed by atoms with Crippen LogP contribution in [0.2, 0.25) is 0 Å². The number of hydroxylamine groups is 1. The van der Waals surface area contributed by atoms with Crippen LogP contribution in [0.5, 0.6) is 5.88 Å². The van der Waals surface area contributed by atoms with Crippen molar-refractivity contribution in [3.63, 3.8) is 0 Å². The molecule has 5 nitrogen and oxygen atoms in total. The lowest BCUT2D eigenvalue weighted by Crippen LogP contribution is -2.01. The van der Waals surface area contributed by atoms with Crippen LogP contribution in [0.15, 0.2) is 40.1 Å². The summed E-state index contributed by atoms with van der Waals surface area (Å²) in [6.45, 7) is 0.511. The zero-order valence-corrected chi connectivity index (χ0v) is 9.72. The second-order valence-electron chi connectivity index (χ2n) is 3.16. The van der Waals surface area contributed by atoms with Gasteiger partial charge in [0.2, 0.25) is 5.88 Å². The van der Waals surface area contributed by atoms with Gasteiger partial charge in [-0.2, -0.15) is 11.3 Å². The highest BCUT2D eigenvalue weighted by molar-refractivity contribution is 7.07. The summed E-state index contributed by atoms with van der Waals surface area (Å²) in [7, 11) is 0. The molecule has 0 bridgehead atoms. The summed E-state index contributed by atoms with van der Waals surface area (Å²) in [5.74, 6) is 0.548. The Bertz CT molecular complexity index is 468. The first kappa shape index (κ1) is 11.6. The predicted octanol–water partition coefficient (Wildman–Crippen LogP) is 2.36. The van der Waals surface area contributed by atoms with Gasteiger partial charge in [0.15, 0.2) is 0 Å². The largest absolute Gasteiger partial charge is 0.473 e. The van der Waals surface area contributed by atoms with E-state index < -0.39 is 0 Å². The summed E-state index contributed by atoms with van der Waals surface area (Å²) in [6.07, 6.45) is 2.74. The van der Waals surface area contributed by atoms with E-state index >= 15 is 0 Å². The maximum atomic E-state index is 8.33. The number of thiophene rings is 1. The van der Waals surface area contributed by atoms with E-state index in [4.69, 9.17) is 9.94 Å². The Labute approximate surface area is 102 Å². The maximum absolute atomic E-state index is 8.33. The Balaban J connectivity index is 1.91. The number of rotatable bonds is 5. The van der Waals surface area contributed by atoms with Crippen LogP contribution in [0.1, 0.15) is 5.56 Å². The Morgan fingerprint density at radius 2 is 2.41 bits per heavy atom. The Kier molecular flexibility index (Phi) is 4.06. The molecule has 0 radical (unpaired) electrons. The molecular weight excluding hydrogens is 238 g/mol. The van der Waals surface area contributed by atoms with Gasteiger partial charge in [0.05, 0.1) is 11.9 Å². The van der Waals surface area contributed by atoms with Gasteiger partial charge in [0.25, 0.3) is 0 Å². The highest BCUT2D eigenvalue weighted by Crippen LogP contribution is 2.15. The smallest absolute Gasteiger partial charge is 0.213 e. The number of nitrogens with zero attached hydrogens (tertiary/aromatic N) is 2. The van der Waals surface area contributed by atoms with Crippen LogP contribution >= 0.6 is 11.3 Å². The zero-order chi connectivity index (χ0) is 11.9. The Morgan fingerprint density at radius 3 is 3.06 bits per heavy atom. The molecule has 0 aliphatic heterocycles. The van der Waals surface area contributed by atoms with Crippen LogP contribution < -0.4 is 10.2 Å². The number of nitrogens with one attached hydrogen (secondary N) is 1. The van der Waals surface area contributed by atoms with E-state index in [2.05, 4.69) is 9.98 Å². The molecule has 6 heteroatoms. The van der Waals surface area contributed by atoms with E-state index in [-0.39, 0.29) is 0 Å². The minimum atomic E-state index is 0.511. The van der Waals surface area contributed by atoms with Gasteiger partial charge in [0, 0.05) is 11.6 Å². The highest BCUT2D eigenvalue weighted by Gasteiger charge is 1.97. The monoisotopic (exact) mass is 249 g/mol. The Hall–Kier alpha value is -1.92. The SMILES string of the molecule is ONC=Nc1ccc(OCc2ccsc2)nc1. The van der Waals surface area contributed by atoms with E-state index in [0.29, 0.717) is 18.2 Å². The molecule has 0 aliphatic rings. The molecule has 0 saturated heterocycles. The lowest BCUT2D eigenvalue weighted by Gasteiger charge is -2.03. The number of ether oxygens (including phenoxy) is 1. The van der Waals surface area contributed by atoms with Gasteiger partial charge < -0.3 is 4.74 Å². The van der Waals surface area contributed by atoms with Crippen molar-refractivity contribution in [2.45, 2.75) is 6.61 Å². The molecule has 2 N–H and O–H groups in total. The second-order valence-corrected chi connectivity index (χ2v) is 3.94. The van der Waals surface area contributed by atoms with Crippen LogP contribution in [0.25, 0.3) is 0 Å². The van der Waals surface area contributed by atoms with E-state index in [1.807, 2.05) is 22.3 Å². The molecular formula is C11H11N3O2S. The summed E-state index contributed by atoms with van der Waals surface area (Å²) in [4.78, 5) is 7.96. The van der Waals surface area contributed by atoms with Gasteiger partial charge in [0.1, 0.15) is 12.9 Å². The average molecular weight is 249 g/mol. The van der Waals surface area contributed by atoms with Crippen molar-refractivity contribution in [1.82, 2.24) is 10.5 Å². The number of hydrogen-bond acceptors (Lipinski definition) is 5. The second kappa shape index (κ2) is 5.97. The van der Waals surface area contributed by atoms with Crippen molar-refractivity contribution in [3.8, 4) is 5.88 Å². The molecule has 0 amide bonds. The molecule has 0 aliphatic carbocycles. The molecule has 2 rings (SSSR count). The lowest BCUT2D eigenvalue weighted by atomic mass is 10.4. The van der Waals surface area contributed by atoms with Gasteiger partial charge in [-0.25, -0.2) is 9.98 Å². The van der Waals surface area contributed by atoms with Crippen LogP contribution in [0, 0.1) is 0 Å². The molecule has 0 atom stereocenters. The number of pyridine rings is 1. The van der Waals surface area contributed by atoms with Gasteiger partial charge in [-0.15, -0.1) is 0 Å². The fraction of sp³-hybridized carbons (Fsp3) is 0.0909. The summed E-state index contributed by atoms with van der Waals surface area (Å²) in [5.41, 5.74) is 3.59. The van der Waals surface area contributed by atoms with Crippen LogP contribution in [-0.2, 0) is 6.61 Å². The summed E-state index contributed by atoms with van der Waals surface area (Å²) >= 11 is 1.64. The normalized spacial score (nSPS) is 10.6. The fourth-order valence-electron chi connectivity index (χ4n) is 1.17. The minimum Gasteiger partial charge on any atom is -0.473 e. The number of aromatic nitrogens is 1. The van der Waals surface area contributed by atoms with Gasteiger partial charge >= 0.3 is 0 Å². The Morgan fingerprint density at radius 1 is 1.47 bits per heavy atom. The van der Waals surface area contributed by atoms with Crippen molar-refractivity contribution in [3.05, 3.63) is 40.7 Å². The molecule has 0 aromatic carbocycles. The van der Waals surface area contributed by atoms with Crippen molar-refractivity contribution in [2.24, 2.45) is 4.99 Å². The summed E-state index contributed by atoms with van der Waals surface area (Å²) in [6, 6.07) is 5.50. The van der Waals surface area contributed by atoms with Gasteiger partial charge in [-0.3, -0.25) is 10.7 Å². The molecule has 0 spiro atoms. The molecule has 88 valence electrons. The average Bonchev–Trinajstić information content (AvgIpc) is 2.88. The number of aliphatic imine (C=N–C) groups is 1. The van der Waals surface area contributed by atoms with E-state index in [1.54, 1.807) is 29.7 Å². The van der Waals surface area contributed by atoms with Crippen LogP contribution in [-0.4, -0.2) is 16.5 Å². The molecule has 2 heterocycles. The molecule has 2 aromatic heterocycles. The van der Waals surface area contributed by atoms with Crippen molar-refractivity contribution in [1.29, 1.82) is 0 Å². The van der Waals surface area contributed by atoms with Gasteiger partial charge in [-0.05, 0) is 22.9 Å². The third-order valence-corrected chi connectivity index (χ3v) is 2.69. The maximum Gasteiger partial charge on any atom is 0.213 e. The summed E-state index contributed by atoms with van der Waals surface area (Å²) < 4.78 is 5.49. The van der Waals surface area contributed by atoms with E-state index in [9.17, 15) is 0 Å². The third kappa shape index (κ3) is 3.54. The third-order valence-electron chi connectivity index (χ3n) is 1.96. The number of hydrogen-bond donors (Lipinski definition) is 2. The quantitative estimate of drug-likeness (QED) is 0.485. The summed E-state index contributed by atoms with van der Waals surface area (Å²) in [5, 5.41) is 12.4. The highest BCUT2D eigenvalue weighted by atomic mass is 32.1. The van der Waals surface area contributed by atoms with E-state index in [1.165, 1.54) is 6.34 Å². The zero-order valence-electron chi connectivity index (χ0n) is 8.91. The fourth-order valence-corrected chi connectivity index (χ4v) is 1.82. The van der Waals surface area contributed by atoms with Crippen LogP contribution in [0.4, 0.5) is 5.69 Å². The first-order valence-corrected chi connectivity index (χ1v) is 5.85. The van der Waals surface area contributed by atoms with Crippen molar-refractivity contribution >= 4 is 23.4 Å². The first-order chi connectivity index (χ1) is 8.38. The molecule has 2 aromatic rings. The van der Waals surface area contributed by atoms with Crippen molar-refractivity contribution in [2.75, 3.05) is 0 Å². The topological polar surface area (TPSA) is 66.7 Å². The lowest BCUT2D eigenvalue weighted by molar-refractivity contribution is 0.240. The van der Waals surface area contributed by atoms with Crippen molar-refractivity contribution < 1.29 is 9.94 Å². The van der Waals surface area contributed by atoms with E-state index in [0.717, 1.165) is 5.56 Å². The molecule has 0 unspecified atom stereocenters. The predicted molar refractivity (Wildman–Crippen MR) is 66.0 cm³/mol. The molecule has 17 heavy (non-hydrogen) atoms.